The zero-order valence-corrected chi connectivity index (χ0v) is 26.0. The van der Waals surface area contributed by atoms with E-state index in [1.165, 1.54) is 0 Å². The molecule has 1 aliphatic rings. The van der Waals surface area contributed by atoms with Gasteiger partial charge in [-0.1, -0.05) is 91.9 Å². The van der Waals surface area contributed by atoms with Gasteiger partial charge in [-0.25, -0.2) is 8.42 Å². The molecule has 4 aromatic carbocycles. The summed E-state index contributed by atoms with van der Waals surface area (Å²) in [6.45, 7) is 4.60. The van der Waals surface area contributed by atoms with Gasteiger partial charge >= 0.3 is 0 Å². The van der Waals surface area contributed by atoms with Crippen LogP contribution >= 0.6 is 0 Å². The normalized spacial score (nSPS) is 22.0. The number of anilines is 1. The summed E-state index contributed by atoms with van der Waals surface area (Å²) in [6, 6.07) is 32.4. The van der Waals surface area contributed by atoms with Crippen LogP contribution in [0.2, 0.25) is 0 Å². The van der Waals surface area contributed by atoms with Crippen molar-refractivity contribution in [3.63, 3.8) is 0 Å². The molecule has 0 saturated carbocycles. The number of hydrogen-bond acceptors (Lipinski definition) is 7. The van der Waals surface area contributed by atoms with Crippen LogP contribution in [0.3, 0.4) is 0 Å². The van der Waals surface area contributed by atoms with Crippen LogP contribution < -0.4 is 4.72 Å². The summed E-state index contributed by atoms with van der Waals surface area (Å²) in [5.74, 6) is -0.0355. The summed E-state index contributed by atoms with van der Waals surface area (Å²) in [5, 5.41) is 20.6. The minimum Gasteiger partial charge on any atom is -0.392 e. The van der Waals surface area contributed by atoms with Gasteiger partial charge in [-0.15, -0.1) is 0 Å². The standard InChI is InChI=1S/C35H40N2O6S/c1-24-32(22-37(3)25(2)33(39)27-10-6-4-7-11-27)42-35(43-34(24)28-16-14-26(23-38)15-17-28)29-18-20-30(21-19-29)36-44(40,41)31-12-8-5-9-13-31/h4-21,24-25,32-36,38-39H,22-23H2,1-3H3/t24-,25+,32+,33+,34+,35+/m0/s1. The van der Waals surface area contributed by atoms with Gasteiger partial charge in [0, 0.05) is 29.8 Å². The monoisotopic (exact) mass is 616 g/mol. The second kappa shape index (κ2) is 14.0. The maximum absolute atomic E-state index is 12.8. The van der Waals surface area contributed by atoms with E-state index in [0.717, 1.165) is 22.3 Å². The molecule has 0 spiro atoms. The molecule has 5 rings (SSSR count). The molecular formula is C35H40N2O6S. The van der Waals surface area contributed by atoms with Gasteiger partial charge in [-0.3, -0.25) is 9.62 Å². The average Bonchev–Trinajstić information content (AvgIpc) is 3.06. The molecule has 0 radical (unpaired) electrons. The Balaban J connectivity index is 1.36. The van der Waals surface area contributed by atoms with Crippen LogP contribution in [0.4, 0.5) is 5.69 Å². The third-order valence-electron chi connectivity index (χ3n) is 8.37. The Morgan fingerprint density at radius 2 is 1.43 bits per heavy atom. The Labute approximate surface area is 259 Å². The van der Waals surface area contributed by atoms with E-state index in [4.69, 9.17) is 9.47 Å². The van der Waals surface area contributed by atoms with Crippen molar-refractivity contribution >= 4 is 15.7 Å². The number of likely N-dealkylation sites (N-methyl/N-ethyl adjacent to an activating group) is 1. The van der Waals surface area contributed by atoms with Gasteiger partial charge in [0.05, 0.1) is 29.8 Å². The van der Waals surface area contributed by atoms with Crippen molar-refractivity contribution in [1.29, 1.82) is 0 Å². The van der Waals surface area contributed by atoms with E-state index < -0.39 is 22.4 Å². The molecule has 0 amide bonds. The zero-order valence-electron chi connectivity index (χ0n) is 25.2. The van der Waals surface area contributed by atoms with Crippen LogP contribution in [0.1, 0.15) is 54.6 Å². The van der Waals surface area contributed by atoms with Gasteiger partial charge < -0.3 is 19.7 Å². The summed E-state index contributed by atoms with van der Waals surface area (Å²) in [6.07, 6.45) is -1.92. The number of hydrogen-bond donors (Lipinski definition) is 3. The number of nitrogens with zero attached hydrogens (tertiary/aromatic N) is 1. The van der Waals surface area contributed by atoms with Gasteiger partial charge in [0.25, 0.3) is 10.0 Å². The first-order valence-electron chi connectivity index (χ1n) is 14.8. The Morgan fingerprint density at radius 3 is 2.05 bits per heavy atom. The first kappa shape index (κ1) is 31.8. The highest BCUT2D eigenvalue weighted by Gasteiger charge is 2.39. The van der Waals surface area contributed by atoms with E-state index in [2.05, 4.69) is 16.5 Å². The summed E-state index contributed by atoms with van der Waals surface area (Å²) < 4.78 is 41.4. The molecule has 0 aliphatic carbocycles. The fourth-order valence-corrected chi connectivity index (χ4v) is 6.55. The molecule has 1 heterocycles. The molecule has 8 nitrogen and oxygen atoms in total. The van der Waals surface area contributed by atoms with Crippen molar-refractivity contribution in [1.82, 2.24) is 4.90 Å². The lowest BCUT2D eigenvalue weighted by molar-refractivity contribution is -0.276. The second-order valence-electron chi connectivity index (χ2n) is 11.4. The Hall–Kier alpha value is -3.57. The van der Waals surface area contributed by atoms with E-state index >= 15 is 0 Å². The smallest absolute Gasteiger partial charge is 0.261 e. The maximum atomic E-state index is 12.8. The minimum absolute atomic E-state index is 0.0355. The van der Waals surface area contributed by atoms with Crippen LogP contribution in [-0.2, 0) is 26.1 Å². The molecule has 3 N–H and O–H groups in total. The fraction of sp³-hybridized carbons (Fsp3) is 0.314. The molecule has 232 valence electrons. The van der Waals surface area contributed by atoms with Crippen molar-refractivity contribution in [2.45, 2.75) is 56.0 Å². The van der Waals surface area contributed by atoms with Crippen LogP contribution in [0.25, 0.3) is 0 Å². The van der Waals surface area contributed by atoms with Crippen molar-refractivity contribution in [3.05, 3.63) is 131 Å². The highest BCUT2D eigenvalue weighted by molar-refractivity contribution is 7.92. The molecule has 44 heavy (non-hydrogen) atoms. The molecule has 9 heteroatoms. The number of ether oxygens (including phenoxy) is 2. The first-order chi connectivity index (χ1) is 21.2. The molecule has 6 atom stereocenters. The number of aliphatic hydroxyl groups excluding tert-OH is 2. The Morgan fingerprint density at radius 1 is 0.841 bits per heavy atom. The van der Waals surface area contributed by atoms with E-state index in [0.29, 0.717) is 12.2 Å². The van der Waals surface area contributed by atoms with Crippen LogP contribution in [0.5, 0.6) is 0 Å². The Bertz CT molecular complexity index is 1580. The molecular weight excluding hydrogens is 576 g/mol. The predicted octanol–water partition coefficient (Wildman–Crippen LogP) is 5.83. The van der Waals surface area contributed by atoms with E-state index in [9.17, 15) is 18.6 Å². The van der Waals surface area contributed by atoms with Crippen molar-refractivity contribution in [3.8, 4) is 0 Å². The van der Waals surface area contributed by atoms with Gasteiger partial charge in [0.2, 0.25) is 0 Å². The van der Waals surface area contributed by atoms with Gasteiger partial charge in [0.15, 0.2) is 6.29 Å². The first-order valence-corrected chi connectivity index (χ1v) is 16.3. The van der Waals surface area contributed by atoms with Crippen molar-refractivity contribution < 1.29 is 28.1 Å². The van der Waals surface area contributed by atoms with E-state index in [1.807, 2.05) is 68.6 Å². The number of aliphatic hydroxyl groups is 2. The number of sulfonamides is 1. The van der Waals surface area contributed by atoms with Crippen LogP contribution in [0.15, 0.2) is 114 Å². The van der Waals surface area contributed by atoms with E-state index in [1.54, 1.807) is 54.6 Å². The molecule has 1 fully saturated rings. The highest BCUT2D eigenvalue weighted by Crippen LogP contribution is 2.42. The molecule has 4 aromatic rings. The second-order valence-corrected chi connectivity index (χ2v) is 13.1. The lowest BCUT2D eigenvalue weighted by atomic mass is 9.89. The Kier molecular flexibility index (Phi) is 10.2. The maximum Gasteiger partial charge on any atom is 0.261 e. The molecule has 1 aliphatic heterocycles. The highest BCUT2D eigenvalue weighted by atomic mass is 32.2. The average molecular weight is 617 g/mol. The number of rotatable bonds is 11. The molecule has 0 unspecified atom stereocenters. The molecule has 0 bridgehead atoms. The van der Waals surface area contributed by atoms with Gasteiger partial charge in [0.1, 0.15) is 0 Å². The number of nitrogens with one attached hydrogen (secondary N) is 1. The largest absolute Gasteiger partial charge is 0.392 e. The predicted molar refractivity (Wildman–Crippen MR) is 170 cm³/mol. The zero-order chi connectivity index (χ0) is 31.3. The topological polar surface area (TPSA) is 108 Å². The van der Waals surface area contributed by atoms with Crippen molar-refractivity contribution in [2.24, 2.45) is 5.92 Å². The van der Waals surface area contributed by atoms with Gasteiger partial charge in [-0.2, -0.15) is 0 Å². The van der Waals surface area contributed by atoms with E-state index in [-0.39, 0.29) is 35.7 Å². The fourth-order valence-electron chi connectivity index (χ4n) is 5.47. The lowest BCUT2D eigenvalue weighted by Gasteiger charge is -2.43. The number of benzene rings is 4. The summed E-state index contributed by atoms with van der Waals surface area (Å²) in [4.78, 5) is 2.29. The minimum atomic E-state index is -3.72. The summed E-state index contributed by atoms with van der Waals surface area (Å²) in [7, 11) is -1.74. The third-order valence-corrected chi connectivity index (χ3v) is 9.77. The summed E-state index contributed by atoms with van der Waals surface area (Å²) in [5.41, 5.74) is 3.83. The molecule has 0 aromatic heterocycles. The molecule has 1 saturated heterocycles. The summed E-state index contributed by atoms with van der Waals surface area (Å²) >= 11 is 0. The van der Waals surface area contributed by atoms with Crippen LogP contribution in [-0.4, -0.2) is 49.3 Å². The van der Waals surface area contributed by atoms with Crippen molar-refractivity contribution in [2.75, 3.05) is 18.3 Å². The quantitative estimate of drug-likeness (QED) is 0.195. The van der Waals surface area contributed by atoms with Crippen LogP contribution in [0, 0.1) is 5.92 Å². The third kappa shape index (κ3) is 7.38. The lowest BCUT2D eigenvalue weighted by Crippen LogP contribution is -2.46. The SMILES string of the molecule is C[C@H]1[C@@H](CN(C)[C@H](C)[C@@H](O)c2ccccc2)O[C@@H](c2ccc(NS(=O)(=O)c3ccccc3)cc2)O[C@H]1c1ccc(CO)cc1. The van der Waals surface area contributed by atoms with Gasteiger partial charge in [-0.05, 0) is 54.9 Å².